The van der Waals surface area contributed by atoms with Crippen molar-refractivity contribution in [2.45, 2.75) is 31.0 Å². The molecule has 0 saturated carbocycles. The lowest BCUT2D eigenvalue weighted by Gasteiger charge is -2.28. The van der Waals surface area contributed by atoms with Gasteiger partial charge in [-0.3, -0.25) is 4.90 Å². The van der Waals surface area contributed by atoms with Crippen molar-refractivity contribution < 1.29 is 9.47 Å². The molecule has 2 fully saturated rings. The zero-order valence-electron chi connectivity index (χ0n) is 12.9. The molecule has 0 aliphatic carbocycles. The Labute approximate surface area is 127 Å². The summed E-state index contributed by atoms with van der Waals surface area (Å²) in [6.07, 6.45) is 2.21. The smallest absolute Gasteiger partial charge is 0.106 e. The summed E-state index contributed by atoms with van der Waals surface area (Å²) in [7, 11) is 1.80. The second-order valence-corrected chi connectivity index (χ2v) is 6.28. The highest BCUT2D eigenvalue weighted by Gasteiger charge is 2.35. The van der Waals surface area contributed by atoms with Gasteiger partial charge in [-0.1, -0.05) is 30.3 Å². The molecule has 0 aromatic heterocycles. The maximum Gasteiger partial charge on any atom is 0.106 e. The van der Waals surface area contributed by atoms with E-state index in [9.17, 15) is 0 Å². The Kier molecular flexibility index (Phi) is 4.91. The third kappa shape index (κ3) is 3.83. The lowest BCUT2D eigenvalue weighted by atomic mass is 10.0. The summed E-state index contributed by atoms with van der Waals surface area (Å²) in [5.41, 5.74) is 1.29. The van der Waals surface area contributed by atoms with Crippen molar-refractivity contribution in [2.24, 2.45) is 0 Å². The number of hydrogen-bond donors (Lipinski definition) is 1. The fraction of sp³-hybridized carbons (Fsp3) is 0.647. The lowest BCUT2D eigenvalue weighted by Crippen LogP contribution is -2.47. The van der Waals surface area contributed by atoms with Crippen LogP contribution in [0.3, 0.4) is 0 Å². The van der Waals surface area contributed by atoms with Crippen LogP contribution in [0.2, 0.25) is 0 Å². The van der Waals surface area contributed by atoms with E-state index in [-0.39, 0.29) is 5.60 Å². The van der Waals surface area contributed by atoms with Crippen LogP contribution >= 0.6 is 0 Å². The topological polar surface area (TPSA) is 33.7 Å². The van der Waals surface area contributed by atoms with Gasteiger partial charge in [0.15, 0.2) is 0 Å². The largest absolute Gasteiger partial charge is 0.378 e. The Morgan fingerprint density at radius 3 is 2.95 bits per heavy atom. The van der Waals surface area contributed by atoms with Crippen LogP contribution < -0.4 is 5.32 Å². The molecule has 21 heavy (non-hydrogen) atoms. The van der Waals surface area contributed by atoms with Crippen LogP contribution in [0.4, 0.5) is 0 Å². The van der Waals surface area contributed by atoms with Gasteiger partial charge in [-0.05, 0) is 12.0 Å². The van der Waals surface area contributed by atoms with Gasteiger partial charge in [0, 0.05) is 52.4 Å². The van der Waals surface area contributed by atoms with Crippen LogP contribution in [0, 0.1) is 0 Å². The average Bonchev–Trinajstić information content (AvgIpc) is 3.16. The van der Waals surface area contributed by atoms with Gasteiger partial charge >= 0.3 is 0 Å². The number of nitrogens with one attached hydrogen (secondary N) is 1. The van der Waals surface area contributed by atoms with E-state index in [1.807, 2.05) is 0 Å². The van der Waals surface area contributed by atoms with Crippen LogP contribution in [0.15, 0.2) is 30.3 Å². The first-order chi connectivity index (χ1) is 10.3. The van der Waals surface area contributed by atoms with Gasteiger partial charge in [0.1, 0.15) is 5.60 Å². The van der Waals surface area contributed by atoms with E-state index >= 15 is 0 Å². The Morgan fingerprint density at radius 1 is 1.38 bits per heavy atom. The molecule has 2 unspecified atom stereocenters. The quantitative estimate of drug-likeness (QED) is 0.864. The number of ether oxygens (including phenoxy) is 2. The van der Waals surface area contributed by atoms with Crippen molar-refractivity contribution in [3.63, 3.8) is 0 Å². The Hall–Kier alpha value is -0.940. The van der Waals surface area contributed by atoms with Gasteiger partial charge in [0.05, 0.1) is 6.61 Å². The second-order valence-electron chi connectivity index (χ2n) is 6.28. The SMILES string of the molecule is COC1(CNC2CCN(Cc3ccccc3)C2)CCOC1. The molecule has 3 rings (SSSR count). The van der Waals surface area contributed by atoms with Gasteiger partial charge in [0.2, 0.25) is 0 Å². The zero-order chi connectivity index (χ0) is 14.5. The number of benzene rings is 1. The molecule has 2 atom stereocenters. The van der Waals surface area contributed by atoms with Crippen LogP contribution in [-0.4, -0.2) is 56.5 Å². The average molecular weight is 290 g/mol. The van der Waals surface area contributed by atoms with Gasteiger partial charge in [0.25, 0.3) is 0 Å². The minimum absolute atomic E-state index is 0.104. The van der Waals surface area contributed by atoms with Crippen LogP contribution in [0.1, 0.15) is 18.4 Å². The monoisotopic (exact) mass is 290 g/mol. The predicted octanol–water partition coefficient (Wildman–Crippen LogP) is 1.66. The number of hydrogen-bond acceptors (Lipinski definition) is 4. The number of likely N-dealkylation sites (tertiary alicyclic amines) is 1. The van der Waals surface area contributed by atoms with Crippen LogP contribution in [0.5, 0.6) is 0 Å². The van der Waals surface area contributed by atoms with Crippen molar-refractivity contribution in [2.75, 3.05) is 40.0 Å². The molecule has 4 nitrogen and oxygen atoms in total. The minimum atomic E-state index is -0.104. The molecular formula is C17H26N2O2. The molecule has 116 valence electrons. The molecular weight excluding hydrogens is 264 g/mol. The first kappa shape index (κ1) is 15.0. The van der Waals surface area contributed by atoms with Crippen molar-refractivity contribution in [3.05, 3.63) is 35.9 Å². The highest BCUT2D eigenvalue weighted by atomic mass is 16.5. The van der Waals surface area contributed by atoms with Crippen molar-refractivity contribution in [3.8, 4) is 0 Å². The normalized spacial score (nSPS) is 30.0. The molecule has 0 radical (unpaired) electrons. The summed E-state index contributed by atoms with van der Waals surface area (Å²) >= 11 is 0. The van der Waals surface area contributed by atoms with Gasteiger partial charge in [-0.15, -0.1) is 0 Å². The second kappa shape index (κ2) is 6.88. The number of rotatable bonds is 6. The molecule has 1 aromatic rings. The molecule has 2 saturated heterocycles. The van der Waals surface area contributed by atoms with Crippen molar-refractivity contribution in [1.82, 2.24) is 10.2 Å². The standard InChI is InChI=1S/C17H26N2O2/c1-20-17(8-10-21-14-17)13-18-16-7-9-19(12-16)11-15-5-3-2-4-6-15/h2-6,16,18H,7-14H2,1H3. The van der Waals surface area contributed by atoms with E-state index in [0.29, 0.717) is 6.04 Å². The summed E-state index contributed by atoms with van der Waals surface area (Å²) in [5, 5.41) is 3.68. The molecule has 2 aliphatic rings. The van der Waals surface area contributed by atoms with E-state index in [0.717, 1.165) is 39.3 Å². The van der Waals surface area contributed by atoms with E-state index in [4.69, 9.17) is 9.47 Å². The Balaban J connectivity index is 1.44. The zero-order valence-corrected chi connectivity index (χ0v) is 12.9. The van der Waals surface area contributed by atoms with E-state index in [1.54, 1.807) is 7.11 Å². The molecule has 1 aromatic carbocycles. The van der Waals surface area contributed by atoms with Crippen LogP contribution in [-0.2, 0) is 16.0 Å². The summed E-state index contributed by atoms with van der Waals surface area (Å²) in [5.74, 6) is 0. The van der Waals surface area contributed by atoms with Crippen molar-refractivity contribution in [1.29, 1.82) is 0 Å². The fourth-order valence-corrected chi connectivity index (χ4v) is 3.28. The summed E-state index contributed by atoms with van der Waals surface area (Å²) in [6, 6.07) is 11.3. The van der Waals surface area contributed by atoms with Gasteiger partial charge < -0.3 is 14.8 Å². The molecule has 1 N–H and O–H groups in total. The first-order valence-corrected chi connectivity index (χ1v) is 7.92. The maximum absolute atomic E-state index is 5.68. The summed E-state index contributed by atoms with van der Waals surface area (Å²) in [4.78, 5) is 2.53. The number of nitrogens with zero attached hydrogens (tertiary/aromatic N) is 1. The third-order valence-electron chi connectivity index (χ3n) is 4.73. The molecule has 0 bridgehead atoms. The Morgan fingerprint density at radius 2 is 2.24 bits per heavy atom. The fourth-order valence-electron chi connectivity index (χ4n) is 3.28. The third-order valence-corrected chi connectivity index (χ3v) is 4.73. The molecule has 2 aliphatic heterocycles. The van der Waals surface area contributed by atoms with Gasteiger partial charge in [-0.25, -0.2) is 0 Å². The number of methoxy groups -OCH3 is 1. The predicted molar refractivity (Wildman–Crippen MR) is 83.3 cm³/mol. The van der Waals surface area contributed by atoms with Crippen LogP contribution in [0.25, 0.3) is 0 Å². The lowest BCUT2D eigenvalue weighted by molar-refractivity contribution is -0.0173. The molecule has 2 heterocycles. The summed E-state index contributed by atoms with van der Waals surface area (Å²) < 4.78 is 11.2. The van der Waals surface area contributed by atoms with E-state index < -0.39 is 0 Å². The highest BCUT2D eigenvalue weighted by molar-refractivity contribution is 5.14. The molecule has 0 amide bonds. The first-order valence-electron chi connectivity index (χ1n) is 7.92. The van der Waals surface area contributed by atoms with E-state index in [2.05, 4.69) is 40.5 Å². The maximum atomic E-state index is 5.68. The molecule has 4 heteroatoms. The summed E-state index contributed by atoms with van der Waals surface area (Å²) in [6.45, 7) is 5.78. The highest BCUT2D eigenvalue weighted by Crippen LogP contribution is 2.22. The Bertz CT molecular complexity index is 432. The molecule has 0 spiro atoms. The van der Waals surface area contributed by atoms with Crippen molar-refractivity contribution >= 4 is 0 Å². The van der Waals surface area contributed by atoms with Gasteiger partial charge in [-0.2, -0.15) is 0 Å². The van der Waals surface area contributed by atoms with E-state index in [1.165, 1.54) is 18.5 Å². The minimum Gasteiger partial charge on any atom is -0.378 e.